The van der Waals surface area contributed by atoms with Gasteiger partial charge < -0.3 is 19.4 Å². The molecule has 2 aromatic carbocycles. The van der Waals surface area contributed by atoms with Crippen LogP contribution < -0.4 is 5.32 Å². The molecular weight excluding hydrogens is 512 g/mol. The Morgan fingerprint density at radius 3 is 2.17 bits per heavy atom. The summed E-state index contributed by atoms with van der Waals surface area (Å²) >= 11 is 0. The molecule has 2 aromatic rings. The highest BCUT2D eigenvalue weighted by atomic mass is 16.6. The van der Waals surface area contributed by atoms with E-state index >= 15 is 0 Å². The van der Waals surface area contributed by atoms with E-state index in [-0.39, 0.29) is 12.0 Å². The number of unbranched alkanes of at least 4 members (excludes halogenated alkanes) is 5. The van der Waals surface area contributed by atoms with Gasteiger partial charge >= 0.3 is 6.09 Å². The molecule has 0 radical (unpaired) electrons. The molecule has 224 valence electrons. The molecule has 7 nitrogen and oxygen atoms in total. The average Bonchev–Trinajstić information content (AvgIpc) is 3.44. The van der Waals surface area contributed by atoms with Gasteiger partial charge in [-0.05, 0) is 63.7 Å². The number of nitrogens with one attached hydrogen (secondary N) is 1. The van der Waals surface area contributed by atoms with Gasteiger partial charge in [0.25, 0.3) is 0 Å². The number of likely N-dealkylation sites (tertiary alicyclic amines) is 2. The van der Waals surface area contributed by atoms with Crippen LogP contribution in [0.15, 0.2) is 54.6 Å². The molecular formula is C34H50N4O3. The maximum Gasteiger partial charge on any atom is 0.412 e. The van der Waals surface area contributed by atoms with E-state index in [0.29, 0.717) is 6.04 Å². The summed E-state index contributed by atoms with van der Waals surface area (Å²) in [5.74, 6) is 0.174. The Labute approximate surface area is 247 Å². The summed E-state index contributed by atoms with van der Waals surface area (Å²) in [5.41, 5.74) is 2.40. The van der Waals surface area contributed by atoms with Crippen molar-refractivity contribution in [2.24, 2.45) is 0 Å². The number of rotatable bonds is 13. The lowest BCUT2D eigenvalue weighted by atomic mass is 9.93. The summed E-state index contributed by atoms with van der Waals surface area (Å²) in [4.78, 5) is 31.4. The van der Waals surface area contributed by atoms with E-state index in [9.17, 15) is 9.59 Å². The number of hydrogen-bond donors (Lipinski definition) is 1. The highest BCUT2D eigenvalue weighted by Gasteiger charge is 2.33. The molecule has 0 bridgehead atoms. The van der Waals surface area contributed by atoms with Gasteiger partial charge in [-0.3, -0.25) is 10.1 Å². The summed E-state index contributed by atoms with van der Waals surface area (Å²) < 4.78 is 5.97. The van der Waals surface area contributed by atoms with Crippen molar-refractivity contribution in [3.05, 3.63) is 54.6 Å². The molecule has 1 atom stereocenters. The summed E-state index contributed by atoms with van der Waals surface area (Å²) in [6.07, 6.45) is 10.1. The van der Waals surface area contributed by atoms with Crippen molar-refractivity contribution in [3.63, 3.8) is 0 Å². The average molecular weight is 563 g/mol. The van der Waals surface area contributed by atoms with Crippen LogP contribution in [0.2, 0.25) is 0 Å². The Balaban J connectivity index is 1.06. The van der Waals surface area contributed by atoms with Gasteiger partial charge in [-0.2, -0.15) is 0 Å². The molecule has 7 heteroatoms. The minimum absolute atomic E-state index is 0.174. The third kappa shape index (κ3) is 9.57. The molecule has 0 aliphatic carbocycles. The van der Waals surface area contributed by atoms with Gasteiger partial charge in [-0.15, -0.1) is 0 Å². The minimum Gasteiger partial charge on any atom is -0.443 e. The lowest BCUT2D eigenvalue weighted by molar-refractivity contribution is -0.129. The van der Waals surface area contributed by atoms with Crippen LogP contribution in [0.5, 0.6) is 0 Å². The number of nitrogens with zero attached hydrogens (tertiary/aromatic N) is 3. The maximum absolute atomic E-state index is 12.8. The van der Waals surface area contributed by atoms with E-state index in [1.54, 1.807) is 6.92 Å². The zero-order chi connectivity index (χ0) is 29.1. The molecule has 2 amide bonds. The largest absolute Gasteiger partial charge is 0.443 e. The van der Waals surface area contributed by atoms with Crippen molar-refractivity contribution in [3.8, 4) is 11.1 Å². The zero-order valence-corrected chi connectivity index (χ0v) is 25.4. The quantitative estimate of drug-likeness (QED) is 0.277. The van der Waals surface area contributed by atoms with E-state index in [0.717, 1.165) is 75.3 Å². The van der Waals surface area contributed by atoms with Crippen LogP contribution >= 0.6 is 0 Å². The zero-order valence-electron chi connectivity index (χ0n) is 25.4. The second kappa shape index (κ2) is 15.4. The molecule has 4 rings (SSSR count). The van der Waals surface area contributed by atoms with Crippen LogP contribution in [-0.2, 0) is 9.53 Å². The number of para-hydroxylation sites is 1. The highest BCUT2D eigenvalue weighted by Crippen LogP contribution is 2.30. The van der Waals surface area contributed by atoms with E-state index in [4.69, 9.17) is 4.74 Å². The number of carbonyl (C=O) groups is 2. The van der Waals surface area contributed by atoms with Crippen LogP contribution in [-0.4, -0.2) is 84.7 Å². The molecule has 41 heavy (non-hydrogen) atoms. The molecule has 1 N–H and O–H groups in total. The number of anilines is 1. The molecule has 2 heterocycles. The van der Waals surface area contributed by atoms with Crippen molar-refractivity contribution < 1.29 is 14.3 Å². The van der Waals surface area contributed by atoms with Crippen molar-refractivity contribution >= 4 is 17.7 Å². The Bertz CT molecular complexity index is 1100. The lowest BCUT2D eigenvalue weighted by Crippen LogP contribution is -2.46. The van der Waals surface area contributed by atoms with Crippen molar-refractivity contribution in [2.75, 3.05) is 51.6 Å². The molecule has 2 saturated heterocycles. The smallest absolute Gasteiger partial charge is 0.412 e. The molecule has 0 saturated carbocycles. The van der Waals surface area contributed by atoms with Gasteiger partial charge in [0, 0.05) is 51.8 Å². The summed E-state index contributed by atoms with van der Waals surface area (Å²) in [6.45, 7) is 10.1. The van der Waals surface area contributed by atoms with Gasteiger partial charge in [0.15, 0.2) is 0 Å². The van der Waals surface area contributed by atoms with E-state index in [1.807, 2.05) is 66.5 Å². The Morgan fingerprint density at radius 2 is 1.49 bits per heavy atom. The van der Waals surface area contributed by atoms with E-state index in [2.05, 4.69) is 22.0 Å². The lowest BCUT2D eigenvalue weighted by Gasteiger charge is -2.38. The summed E-state index contributed by atoms with van der Waals surface area (Å²) in [5, 5.41) is 2.99. The topological polar surface area (TPSA) is 65.1 Å². The number of benzene rings is 2. The maximum atomic E-state index is 12.8. The highest BCUT2D eigenvalue weighted by molar-refractivity contribution is 5.91. The Morgan fingerprint density at radius 1 is 0.878 bits per heavy atom. The molecule has 2 fully saturated rings. The van der Waals surface area contributed by atoms with Crippen LogP contribution in [0.1, 0.15) is 71.6 Å². The number of likely N-dealkylation sites (N-methyl/N-ethyl adjacent to an activating group) is 1. The fraction of sp³-hybridized carbons (Fsp3) is 0.588. The Kier molecular flexibility index (Phi) is 11.6. The molecule has 0 aromatic heterocycles. The first-order valence-electron chi connectivity index (χ1n) is 15.7. The van der Waals surface area contributed by atoms with Crippen LogP contribution in [0.3, 0.4) is 0 Å². The Hall–Kier alpha value is -2.90. The monoisotopic (exact) mass is 562 g/mol. The van der Waals surface area contributed by atoms with E-state index < -0.39 is 5.60 Å². The van der Waals surface area contributed by atoms with Crippen LogP contribution in [0.4, 0.5) is 10.5 Å². The molecule has 2 aliphatic rings. The van der Waals surface area contributed by atoms with Crippen molar-refractivity contribution in [2.45, 2.75) is 83.3 Å². The predicted octanol–water partition coefficient (Wildman–Crippen LogP) is 6.65. The van der Waals surface area contributed by atoms with Crippen LogP contribution in [0.25, 0.3) is 11.1 Å². The van der Waals surface area contributed by atoms with Crippen molar-refractivity contribution in [1.82, 2.24) is 14.7 Å². The first kappa shape index (κ1) is 31.0. The molecule has 1 unspecified atom stereocenters. The second-order valence-electron chi connectivity index (χ2n) is 12.2. The number of hydrogen-bond acceptors (Lipinski definition) is 5. The van der Waals surface area contributed by atoms with Gasteiger partial charge in [0.2, 0.25) is 5.91 Å². The van der Waals surface area contributed by atoms with Gasteiger partial charge in [-0.25, -0.2) is 4.79 Å². The molecule has 2 aliphatic heterocycles. The minimum atomic E-state index is -0.431. The van der Waals surface area contributed by atoms with Crippen molar-refractivity contribution in [1.29, 1.82) is 0 Å². The predicted molar refractivity (Wildman–Crippen MR) is 167 cm³/mol. The third-order valence-electron chi connectivity index (χ3n) is 8.99. The number of piperidine rings is 1. The fourth-order valence-electron chi connectivity index (χ4n) is 6.14. The number of carbonyl (C=O) groups excluding carboxylic acids is 2. The second-order valence-corrected chi connectivity index (χ2v) is 12.2. The van der Waals surface area contributed by atoms with Gasteiger partial charge in [0.1, 0.15) is 5.60 Å². The van der Waals surface area contributed by atoms with E-state index in [1.165, 1.54) is 38.5 Å². The SMILES string of the molecule is CC(=O)N(C)C1CCN(CCCCCCCCN2CCC(C)(OC(=O)Nc3ccccc3-c3ccccc3)CC2)C1. The normalized spacial score (nSPS) is 19.1. The van der Waals surface area contributed by atoms with Gasteiger partial charge in [0.05, 0.1) is 5.69 Å². The number of ether oxygens (including phenoxy) is 1. The third-order valence-corrected chi connectivity index (χ3v) is 8.99. The fourth-order valence-corrected chi connectivity index (χ4v) is 6.14. The standard InChI is InChI=1S/C34H50N4O3/c1-28(39)36(3)30-19-24-38(27-30)23-14-7-5-4-6-13-22-37-25-20-34(2,21-26-37)41-33(40)35-32-18-12-11-17-31(32)29-15-9-8-10-16-29/h8-12,15-18,30H,4-7,13-14,19-27H2,1-3H3,(H,35,40). The summed E-state index contributed by atoms with van der Waals surface area (Å²) in [7, 11) is 1.93. The molecule has 0 spiro atoms. The van der Waals surface area contributed by atoms with Gasteiger partial charge in [-0.1, -0.05) is 74.2 Å². The van der Waals surface area contributed by atoms with Crippen LogP contribution in [0, 0.1) is 0 Å². The first-order chi connectivity index (χ1) is 19.8. The number of amides is 2. The first-order valence-corrected chi connectivity index (χ1v) is 15.7. The summed E-state index contributed by atoms with van der Waals surface area (Å²) in [6, 6.07) is 18.3.